The highest BCUT2D eigenvalue weighted by Gasteiger charge is 2.22. The van der Waals surface area contributed by atoms with Crippen molar-refractivity contribution in [2.75, 3.05) is 18.6 Å². The van der Waals surface area contributed by atoms with Gasteiger partial charge in [0, 0.05) is 25.2 Å². The molecule has 1 N–H and O–H groups in total. The number of anilines is 1. The number of nitrogens with zero attached hydrogens (tertiary/aromatic N) is 1. The number of carbonyl (C=O) groups excluding carboxylic acids is 1. The summed E-state index contributed by atoms with van der Waals surface area (Å²) in [5, 5.41) is 0. The van der Waals surface area contributed by atoms with E-state index in [9.17, 15) is 13.2 Å². The van der Waals surface area contributed by atoms with Crippen LogP contribution in [-0.2, 0) is 21.4 Å². The summed E-state index contributed by atoms with van der Waals surface area (Å²) < 4.78 is 33.5. The smallest absolute Gasteiger partial charge is 0.240 e. The maximum absolute atomic E-state index is 12.8. The van der Waals surface area contributed by atoms with Crippen LogP contribution < -0.4 is 14.4 Å². The van der Waals surface area contributed by atoms with Gasteiger partial charge in [-0.2, -0.15) is 0 Å². The maximum Gasteiger partial charge on any atom is 0.240 e. The molecule has 1 heterocycles. The van der Waals surface area contributed by atoms with Crippen LogP contribution in [-0.4, -0.2) is 28.0 Å². The van der Waals surface area contributed by atoms with Crippen LogP contribution in [0, 0.1) is 0 Å². The summed E-state index contributed by atoms with van der Waals surface area (Å²) in [6.07, 6.45) is 1.41. The molecule has 28 heavy (non-hydrogen) atoms. The lowest BCUT2D eigenvalue weighted by atomic mass is 10.0. The van der Waals surface area contributed by atoms with Crippen LogP contribution in [0.1, 0.15) is 43.7 Å². The molecule has 0 bridgehead atoms. The Balaban J connectivity index is 1.77. The number of benzene rings is 2. The fraction of sp³-hybridized carbons (Fsp3) is 0.381. The van der Waals surface area contributed by atoms with E-state index in [1.807, 2.05) is 38.1 Å². The number of rotatable bonds is 7. The number of methoxy groups -OCH3 is 1. The monoisotopic (exact) mass is 402 g/mol. The molecule has 0 atom stereocenters. The molecular weight excluding hydrogens is 376 g/mol. The van der Waals surface area contributed by atoms with E-state index in [0.717, 1.165) is 23.2 Å². The molecule has 2 aromatic rings. The first-order valence-electron chi connectivity index (χ1n) is 9.38. The average Bonchev–Trinajstić information content (AvgIpc) is 3.12. The van der Waals surface area contributed by atoms with Crippen LogP contribution in [0.3, 0.4) is 0 Å². The Labute approximate surface area is 166 Å². The van der Waals surface area contributed by atoms with Gasteiger partial charge in [-0.25, -0.2) is 13.1 Å². The normalized spacial score (nSPS) is 14.7. The van der Waals surface area contributed by atoms with Gasteiger partial charge in [0.05, 0.1) is 12.0 Å². The second-order valence-electron chi connectivity index (χ2n) is 7.20. The van der Waals surface area contributed by atoms with Crippen molar-refractivity contribution >= 4 is 21.6 Å². The fourth-order valence-corrected chi connectivity index (χ4v) is 4.40. The largest absolute Gasteiger partial charge is 0.496 e. The van der Waals surface area contributed by atoms with Gasteiger partial charge in [0.25, 0.3) is 0 Å². The molecular formula is C21H26N2O4S. The van der Waals surface area contributed by atoms with E-state index in [2.05, 4.69) is 4.72 Å². The highest BCUT2D eigenvalue weighted by Crippen LogP contribution is 2.29. The number of carbonyl (C=O) groups is 1. The number of hydrogen-bond acceptors (Lipinski definition) is 4. The molecule has 0 aromatic heterocycles. The molecule has 0 saturated carbocycles. The zero-order chi connectivity index (χ0) is 20.3. The third kappa shape index (κ3) is 4.36. The van der Waals surface area contributed by atoms with Crippen molar-refractivity contribution in [3.63, 3.8) is 0 Å². The predicted molar refractivity (Wildman–Crippen MR) is 109 cm³/mol. The molecule has 2 aromatic carbocycles. The first kappa shape index (κ1) is 20.4. The molecule has 0 unspecified atom stereocenters. The first-order valence-corrected chi connectivity index (χ1v) is 10.9. The molecule has 1 amide bonds. The summed E-state index contributed by atoms with van der Waals surface area (Å²) in [5.74, 6) is 0.925. The molecule has 7 heteroatoms. The van der Waals surface area contributed by atoms with Crippen molar-refractivity contribution in [3.05, 3.63) is 53.6 Å². The van der Waals surface area contributed by atoms with Crippen LogP contribution in [0.4, 0.5) is 5.69 Å². The van der Waals surface area contributed by atoms with Crippen molar-refractivity contribution in [1.29, 1.82) is 0 Å². The molecule has 0 radical (unpaired) electrons. The topological polar surface area (TPSA) is 75.7 Å². The van der Waals surface area contributed by atoms with Gasteiger partial charge in [0.1, 0.15) is 5.75 Å². The minimum absolute atomic E-state index is 0.108. The lowest BCUT2D eigenvalue weighted by molar-refractivity contribution is -0.117. The number of ether oxygens (including phenoxy) is 1. The molecule has 0 spiro atoms. The Morgan fingerprint density at radius 2 is 1.96 bits per heavy atom. The molecule has 1 aliphatic heterocycles. The molecule has 0 aliphatic carbocycles. The zero-order valence-electron chi connectivity index (χ0n) is 16.4. The van der Waals surface area contributed by atoms with Crippen molar-refractivity contribution in [3.8, 4) is 5.75 Å². The second kappa shape index (κ2) is 8.32. The first-order chi connectivity index (χ1) is 13.3. The van der Waals surface area contributed by atoms with Crippen LogP contribution in [0.2, 0.25) is 0 Å². The summed E-state index contributed by atoms with van der Waals surface area (Å²) in [5.41, 5.74) is 2.46. The van der Waals surface area contributed by atoms with E-state index < -0.39 is 10.0 Å². The van der Waals surface area contributed by atoms with E-state index in [1.54, 1.807) is 30.2 Å². The maximum atomic E-state index is 12.8. The highest BCUT2D eigenvalue weighted by atomic mass is 32.2. The fourth-order valence-electron chi connectivity index (χ4n) is 3.35. The van der Waals surface area contributed by atoms with Crippen molar-refractivity contribution in [2.45, 2.75) is 44.0 Å². The summed E-state index contributed by atoms with van der Waals surface area (Å²) in [7, 11) is -2.09. The van der Waals surface area contributed by atoms with E-state index in [-0.39, 0.29) is 23.3 Å². The molecule has 3 rings (SSSR count). The van der Waals surface area contributed by atoms with Gasteiger partial charge < -0.3 is 9.64 Å². The van der Waals surface area contributed by atoms with E-state index in [4.69, 9.17) is 4.74 Å². The van der Waals surface area contributed by atoms with Crippen molar-refractivity contribution in [1.82, 2.24) is 4.72 Å². The minimum atomic E-state index is -3.67. The summed E-state index contributed by atoms with van der Waals surface area (Å²) in [6.45, 7) is 4.85. The second-order valence-corrected chi connectivity index (χ2v) is 8.97. The van der Waals surface area contributed by atoms with Crippen LogP contribution in [0.15, 0.2) is 47.4 Å². The van der Waals surface area contributed by atoms with E-state index in [0.29, 0.717) is 18.7 Å². The van der Waals surface area contributed by atoms with Gasteiger partial charge in [0.2, 0.25) is 15.9 Å². The van der Waals surface area contributed by atoms with Crippen LogP contribution >= 0.6 is 0 Å². The summed E-state index contributed by atoms with van der Waals surface area (Å²) in [4.78, 5) is 13.9. The Morgan fingerprint density at radius 1 is 1.18 bits per heavy atom. The van der Waals surface area contributed by atoms with Gasteiger partial charge in [-0.15, -0.1) is 0 Å². The third-order valence-corrected chi connectivity index (χ3v) is 6.29. The quantitative estimate of drug-likeness (QED) is 0.770. The number of nitrogens with one attached hydrogen (secondary N) is 1. The summed E-state index contributed by atoms with van der Waals surface area (Å²) >= 11 is 0. The van der Waals surface area contributed by atoms with Crippen LogP contribution in [0.5, 0.6) is 5.75 Å². The highest BCUT2D eigenvalue weighted by molar-refractivity contribution is 7.89. The third-order valence-electron chi connectivity index (χ3n) is 4.90. The predicted octanol–water partition coefficient (Wildman–Crippen LogP) is 3.42. The SMILES string of the molecule is COc1ccc(S(=O)(=O)NCc2cccc(N3CCCC3=O)c2)cc1C(C)C. The lowest BCUT2D eigenvalue weighted by Gasteiger charge is -2.17. The average molecular weight is 403 g/mol. The van der Waals surface area contributed by atoms with Gasteiger partial charge in [-0.3, -0.25) is 4.79 Å². The molecule has 1 saturated heterocycles. The van der Waals surface area contributed by atoms with Gasteiger partial charge in [-0.1, -0.05) is 26.0 Å². The lowest BCUT2D eigenvalue weighted by Crippen LogP contribution is -2.25. The molecule has 150 valence electrons. The van der Waals surface area contributed by atoms with Gasteiger partial charge in [-0.05, 0) is 53.8 Å². The minimum Gasteiger partial charge on any atom is -0.496 e. The number of sulfonamides is 1. The zero-order valence-corrected chi connectivity index (χ0v) is 17.3. The van der Waals surface area contributed by atoms with E-state index in [1.165, 1.54) is 0 Å². The molecule has 1 fully saturated rings. The van der Waals surface area contributed by atoms with E-state index >= 15 is 0 Å². The van der Waals surface area contributed by atoms with Crippen molar-refractivity contribution < 1.29 is 17.9 Å². The number of amides is 1. The van der Waals surface area contributed by atoms with Crippen molar-refractivity contribution in [2.24, 2.45) is 0 Å². The molecule has 6 nitrogen and oxygen atoms in total. The Bertz CT molecular complexity index is 970. The Kier molecular flexibility index (Phi) is 6.05. The summed E-state index contributed by atoms with van der Waals surface area (Å²) in [6, 6.07) is 12.3. The van der Waals surface area contributed by atoms with Crippen LogP contribution in [0.25, 0.3) is 0 Å². The molecule has 1 aliphatic rings. The number of hydrogen-bond donors (Lipinski definition) is 1. The standard InChI is InChI=1S/C21H26N2O4S/c1-15(2)19-13-18(9-10-20(19)27-3)28(25,26)22-14-16-6-4-7-17(12-16)23-11-5-8-21(23)24/h4,6-7,9-10,12-13,15,22H,5,8,11,14H2,1-3H3. The Morgan fingerprint density at radius 3 is 2.61 bits per heavy atom. The van der Waals surface area contributed by atoms with Gasteiger partial charge in [0.15, 0.2) is 0 Å². The van der Waals surface area contributed by atoms with Gasteiger partial charge >= 0.3 is 0 Å². The Hall–Kier alpha value is -2.38.